The van der Waals surface area contributed by atoms with Gasteiger partial charge >= 0.3 is 5.97 Å². The average molecular weight is 238 g/mol. The van der Waals surface area contributed by atoms with E-state index in [2.05, 4.69) is 15.7 Å². The number of hydrogen-bond acceptors (Lipinski definition) is 5. The molecule has 17 heavy (non-hydrogen) atoms. The molecule has 0 spiro atoms. The molecule has 94 valence electrons. The second-order valence-electron chi connectivity index (χ2n) is 3.82. The molecule has 0 radical (unpaired) electrons. The molecule has 0 aromatic carbocycles. The van der Waals surface area contributed by atoms with Crippen LogP contribution in [0.25, 0.3) is 0 Å². The summed E-state index contributed by atoms with van der Waals surface area (Å²) in [6.45, 7) is 4.50. The van der Waals surface area contributed by atoms with Crippen molar-refractivity contribution >= 4 is 5.97 Å². The van der Waals surface area contributed by atoms with E-state index in [9.17, 15) is 4.79 Å². The monoisotopic (exact) mass is 238 g/mol. The predicted octanol–water partition coefficient (Wildman–Crippen LogP) is 0.720. The van der Waals surface area contributed by atoms with Gasteiger partial charge < -0.3 is 9.47 Å². The summed E-state index contributed by atoms with van der Waals surface area (Å²) < 4.78 is 9.93. The second-order valence-corrected chi connectivity index (χ2v) is 3.82. The van der Waals surface area contributed by atoms with E-state index >= 15 is 0 Å². The molecular formula is C12H18N2O3. The molecule has 5 nitrogen and oxygen atoms in total. The summed E-state index contributed by atoms with van der Waals surface area (Å²) in [5.41, 5.74) is 0.674. The summed E-state index contributed by atoms with van der Waals surface area (Å²) in [5, 5.41) is 8.77. The first-order valence-electron chi connectivity index (χ1n) is 5.72. The summed E-state index contributed by atoms with van der Waals surface area (Å²) in [4.78, 5) is 13.4. The van der Waals surface area contributed by atoms with Gasteiger partial charge in [-0.1, -0.05) is 13.0 Å². The number of esters is 1. The van der Waals surface area contributed by atoms with Crippen LogP contribution in [0.3, 0.4) is 0 Å². The number of methoxy groups -OCH3 is 1. The van der Waals surface area contributed by atoms with Crippen molar-refractivity contribution in [2.45, 2.75) is 19.4 Å². The molecule has 1 aliphatic rings. The number of ether oxygens (including phenoxy) is 2. The highest BCUT2D eigenvalue weighted by Gasteiger charge is 2.19. The molecule has 0 bridgehead atoms. The number of carbonyl (C=O) groups is 1. The highest BCUT2D eigenvalue weighted by atomic mass is 16.5. The fourth-order valence-electron chi connectivity index (χ4n) is 1.69. The average Bonchev–Trinajstić information content (AvgIpc) is 2.39. The van der Waals surface area contributed by atoms with E-state index in [1.54, 1.807) is 0 Å². The molecule has 0 saturated carbocycles. The quantitative estimate of drug-likeness (QED) is 0.533. The minimum absolute atomic E-state index is 0.280. The SMILES string of the molecule is CCC(=CCN1CCOC(C#N)C1)C(=O)OC. The van der Waals surface area contributed by atoms with E-state index in [-0.39, 0.29) is 12.1 Å². The molecule has 1 saturated heterocycles. The van der Waals surface area contributed by atoms with Crippen molar-refractivity contribution in [1.82, 2.24) is 4.90 Å². The maximum Gasteiger partial charge on any atom is 0.333 e. The molecule has 1 heterocycles. The maximum absolute atomic E-state index is 11.4. The fraction of sp³-hybridized carbons (Fsp3) is 0.667. The van der Waals surface area contributed by atoms with E-state index < -0.39 is 0 Å². The number of nitriles is 1. The van der Waals surface area contributed by atoms with Gasteiger partial charge in [0.15, 0.2) is 6.10 Å². The van der Waals surface area contributed by atoms with Crippen molar-refractivity contribution in [3.05, 3.63) is 11.6 Å². The first kappa shape index (κ1) is 13.7. The molecular weight excluding hydrogens is 220 g/mol. The lowest BCUT2D eigenvalue weighted by molar-refractivity contribution is -0.136. The molecule has 0 aliphatic carbocycles. The lowest BCUT2D eigenvalue weighted by Gasteiger charge is -2.28. The number of rotatable bonds is 4. The molecule has 5 heteroatoms. The third-order valence-electron chi connectivity index (χ3n) is 2.72. The zero-order valence-corrected chi connectivity index (χ0v) is 10.3. The van der Waals surface area contributed by atoms with Crippen molar-refractivity contribution in [2.75, 3.05) is 33.4 Å². The Balaban J connectivity index is 2.50. The van der Waals surface area contributed by atoms with Crippen molar-refractivity contribution in [3.63, 3.8) is 0 Å². The lowest BCUT2D eigenvalue weighted by atomic mass is 10.2. The minimum atomic E-state index is -0.361. The van der Waals surface area contributed by atoms with Crippen LogP contribution in [0.1, 0.15) is 13.3 Å². The molecule has 1 rings (SSSR count). The van der Waals surface area contributed by atoms with Crippen LogP contribution in [0.5, 0.6) is 0 Å². The summed E-state index contributed by atoms with van der Waals surface area (Å²) in [7, 11) is 1.38. The molecule has 0 aromatic heterocycles. The van der Waals surface area contributed by atoms with Crippen LogP contribution in [-0.4, -0.2) is 50.3 Å². The Morgan fingerprint density at radius 1 is 1.71 bits per heavy atom. The van der Waals surface area contributed by atoms with Gasteiger partial charge in [0.05, 0.1) is 19.8 Å². The fourth-order valence-corrected chi connectivity index (χ4v) is 1.69. The maximum atomic E-state index is 11.4. The summed E-state index contributed by atoms with van der Waals surface area (Å²) in [5.74, 6) is -0.280. The zero-order chi connectivity index (χ0) is 12.7. The number of morpholine rings is 1. The van der Waals surface area contributed by atoms with E-state index in [0.717, 1.165) is 6.54 Å². The van der Waals surface area contributed by atoms with Crippen molar-refractivity contribution in [2.24, 2.45) is 0 Å². The van der Waals surface area contributed by atoms with E-state index in [1.165, 1.54) is 7.11 Å². The number of nitrogens with zero attached hydrogens (tertiary/aromatic N) is 2. The zero-order valence-electron chi connectivity index (χ0n) is 10.3. The van der Waals surface area contributed by atoms with E-state index in [0.29, 0.717) is 31.7 Å². The third kappa shape index (κ3) is 4.17. The van der Waals surface area contributed by atoms with Crippen molar-refractivity contribution < 1.29 is 14.3 Å². The van der Waals surface area contributed by atoms with Gasteiger partial charge in [0.25, 0.3) is 0 Å². The summed E-state index contributed by atoms with van der Waals surface area (Å²) >= 11 is 0. The standard InChI is InChI=1S/C12H18N2O3/c1-3-10(12(15)16-2)4-5-14-6-7-17-11(8-13)9-14/h4,11H,3,5-7,9H2,1-2H3. The van der Waals surface area contributed by atoms with Gasteiger partial charge in [-0.05, 0) is 6.42 Å². The molecule has 0 N–H and O–H groups in total. The van der Waals surface area contributed by atoms with Crippen molar-refractivity contribution in [1.29, 1.82) is 5.26 Å². The molecule has 1 atom stereocenters. The first-order valence-corrected chi connectivity index (χ1v) is 5.72. The Bertz CT molecular complexity index is 333. The summed E-state index contributed by atoms with van der Waals surface area (Å²) in [6, 6.07) is 2.09. The van der Waals surface area contributed by atoms with Crippen molar-refractivity contribution in [3.8, 4) is 6.07 Å². The highest BCUT2D eigenvalue weighted by Crippen LogP contribution is 2.07. The van der Waals surface area contributed by atoms with Gasteiger partial charge in [0, 0.05) is 25.2 Å². The van der Waals surface area contributed by atoms with Gasteiger partial charge in [0.1, 0.15) is 0 Å². The second kappa shape index (κ2) is 7.05. The van der Waals surface area contributed by atoms with Crippen LogP contribution in [-0.2, 0) is 14.3 Å². The van der Waals surface area contributed by atoms with Gasteiger partial charge in [-0.15, -0.1) is 0 Å². The molecule has 1 fully saturated rings. The van der Waals surface area contributed by atoms with Crippen LogP contribution < -0.4 is 0 Å². The lowest BCUT2D eigenvalue weighted by Crippen LogP contribution is -2.41. The Morgan fingerprint density at radius 2 is 2.47 bits per heavy atom. The normalized spacial score (nSPS) is 21.9. The van der Waals surface area contributed by atoms with E-state index in [1.807, 2.05) is 13.0 Å². The van der Waals surface area contributed by atoms with E-state index in [4.69, 9.17) is 10.00 Å². The Kier molecular flexibility index (Phi) is 5.67. The molecule has 1 unspecified atom stereocenters. The molecule has 0 aromatic rings. The van der Waals surface area contributed by atoms with Crippen LogP contribution >= 0.6 is 0 Å². The third-order valence-corrected chi connectivity index (χ3v) is 2.72. The largest absolute Gasteiger partial charge is 0.466 e. The first-order chi connectivity index (χ1) is 8.21. The Morgan fingerprint density at radius 3 is 3.06 bits per heavy atom. The van der Waals surface area contributed by atoms with Gasteiger partial charge in [-0.3, -0.25) is 4.90 Å². The van der Waals surface area contributed by atoms with Gasteiger partial charge in [-0.2, -0.15) is 5.26 Å². The van der Waals surface area contributed by atoms with Crippen LogP contribution in [0, 0.1) is 11.3 Å². The Hall–Kier alpha value is -1.38. The van der Waals surface area contributed by atoms with Gasteiger partial charge in [-0.25, -0.2) is 4.79 Å². The smallest absolute Gasteiger partial charge is 0.333 e. The van der Waals surface area contributed by atoms with Crippen LogP contribution in [0.2, 0.25) is 0 Å². The minimum Gasteiger partial charge on any atom is -0.466 e. The van der Waals surface area contributed by atoms with Crippen LogP contribution in [0.4, 0.5) is 0 Å². The number of carbonyl (C=O) groups excluding carboxylic acids is 1. The predicted molar refractivity (Wildman–Crippen MR) is 62.2 cm³/mol. The van der Waals surface area contributed by atoms with Crippen LogP contribution in [0.15, 0.2) is 11.6 Å². The summed E-state index contributed by atoms with van der Waals surface area (Å²) in [6.07, 6.45) is 2.16. The van der Waals surface area contributed by atoms with Gasteiger partial charge in [0.2, 0.25) is 0 Å². The topological polar surface area (TPSA) is 62.6 Å². The Labute approximate surface area is 102 Å². The molecule has 1 aliphatic heterocycles. The molecule has 0 amide bonds. The highest BCUT2D eigenvalue weighted by molar-refractivity contribution is 5.88. The number of hydrogen-bond donors (Lipinski definition) is 0.